The van der Waals surface area contributed by atoms with Crippen LogP contribution >= 0.6 is 0 Å². The average Bonchev–Trinajstić information content (AvgIpc) is 2.60. The Hall–Kier alpha value is -2.30. The Kier molecular flexibility index (Phi) is 5.64. The zero-order chi connectivity index (χ0) is 18.7. The second kappa shape index (κ2) is 7.94. The molecule has 2 N–H and O–H groups in total. The van der Waals surface area contributed by atoms with Crippen molar-refractivity contribution in [2.24, 2.45) is 11.8 Å². The van der Waals surface area contributed by atoms with Crippen molar-refractivity contribution in [1.82, 2.24) is 9.97 Å². The van der Waals surface area contributed by atoms with Crippen molar-refractivity contribution < 1.29 is 0 Å². The Bertz CT molecular complexity index is 731. The zero-order valence-corrected chi connectivity index (χ0v) is 16.4. The van der Waals surface area contributed by atoms with E-state index in [2.05, 4.69) is 71.7 Å². The van der Waals surface area contributed by atoms with Crippen LogP contribution in [0.4, 0.5) is 23.0 Å². The fourth-order valence-electron chi connectivity index (χ4n) is 3.73. The van der Waals surface area contributed by atoms with E-state index in [1.165, 1.54) is 11.3 Å². The van der Waals surface area contributed by atoms with Crippen LogP contribution in [0.1, 0.15) is 39.7 Å². The van der Waals surface area contributed by atoms with Crippen LogP contribution in [0.5, 0.6) is 0 Å². The first-order chi connectivity index (χ1) is 12.5. The maximum Gasteiger partial charge on any atom is 0.161 e. The van der Waals surface area contributed by atoms with E-state index >= 15 is 0 Å². The molecule has 0 amide bonds. The van der Waals surface area contributed by atoms with Gasteiger partial charge in [-0.3, -0.25) is 0 Å². The van der Waals surface area contributed by atoms with Crippen LogP contribution in [0.3, 0.4) is 0 Å². The molecule has 0 aliphatic carbocycles. The molecule has 0 spiro atoms. The van der Waals surface area contributed by atoms with Gasteiger partial charge < -0.3 is 15.5 Å². The van der Waals surface area contributed by atoms with E-state index in [0.717, 1.165) is 44.1 Å². The summed E-state index contributed by atoms with van der Waals surface area (Å²) in [6.45, 7) is 11.7. The van der Waals surface area contributed by atoms with Gasteiger partial charge in [-0.25, -0.2) is 9.97 Å². The minimum absolute atomic E-state index is 0.544. The molecule has 2 aromatic rings. The molecule has 5 heteroatoms. The molecule has 0 unspecified atom stereocenters. The third-order valence-electron chi connectivity index (χ3n) is 4.68. The number of aryl methyl sites for hydroxylation is 1. The number of aromatic nitrogens is 2. The standard InChI is InChI=1S/C21H31N5/c1-15(2)12-25(13-16(3)4)20-19(22)21(24-14-23-20)26-11-7-9-17-8-5-6-10-18(17)26/h5-6,8,10,14-16H,7,9,11-13,22H2,1-4H3. The Balaban J connectivity index is 1.99. The quantitative estimate of drug-likeness (QED) is 0.841. The van der Waals surface area contributed by atoms with Crippen molar-refractivity contribution >= 4 is 23.0 Å². The van der Waals surface area contributed by atoms with Crippen molar-refractivity contribution in [3.8, 4) is 0 Å². The van der Waals surface area contributed by atoms with Crippen LogP contribution in [-0.2, 0) is 6.42 Å². The molecule has 3 rings (SSSR count). The molecule has 140 valence electrons. The summed E-state index contributed by atoms with van der Waals surface area (Å²) in [7, 11) is 0. The van der Waals surface area contributed by atoms with Gasteiger partial charge in [-0.2, -0.15) is 0 Å². The largest absolute Gasteiger partial charge is 0.393 e. The van der Waals surface area contributed by atoms with Crippen molar-refractivity contribution in [2.45, 2.75) is 40.5 Å². The lowest BCUT2D eigenvalue weighted by Crippen LogP contribution is -2.33. The van der Waals surface area contributed by atoms with Gasteiger partial charge >= 0.3 is 0 Å². The molecule has 0 fully saturated rings. The molecular formula is C21H31N5. The van der Waals surface area contributed by atoms with E-state index < -0.39 is 0 Å². The normalized spacial score (nSPS) is 14.0. The first-order valence-electron chi connectivity index (χ1n) is 9.68. The fourth-order valence-corrected chi connectivity index (χ4v) is 3.73. The van der Waals surface area contributed by atoms with Crippen molar-refractivity contribution in [1.29, 1.82) is 0 Å². The van der Waals surface area contributed by atoms with Crippen LogP contribution in [0.15, 0.2) is 30.6 Å². The molecule has 1 aliphatic rings. The average molecular weight is 354 g/mol. The minimum atomic E-state index is 0.544. The summed E-state index contributed by atoms with van der Waals surface area (Å²) in [5.41, 5.74) is 9.88. The number of anilines is 4. The molecule has 5 nitrogen and oxygen atoms in total. The topological polar surface area (TPSA) is 58.3 Å². The smallest absolute Gasteiger partial charge is 0.161 e. The van der Waals surface area contributed by atoms with Crippen LogP contribution in [-0.4, -0.2) is 29.6 Å². The van der Waals surface area contributed by atoms with Gasteiger partial charge in [0, 0.05) is 25.3 Å². The van der Waals surface area contributed by atoms with E-state index in [9.17, 15) is 0 Å². The third-order valence-corrected chi connectivity index (χ3v) is 4.68. The second-order valence-corrected chi connectivity index (χ2v) is 8.01. The van der Waals surface area contributed by atoms with Gasteiger partial charge in [0.2, 0.25) is 0 Å². The first-order valence-corrected chi connectivity index (χ1v) is 9.68. The molecule has 0 atom stereocenters. The van der Waals surface area contributed by atoms with Gasteiger partial charge in [0.15, 0.2) is 11.6 Å². The Morgan fingerprint density at radius 2 is 1.77 bits per heavy atom. The van der Waals surface area contributed by atoms with E-state index in [0.29, 0.717) is 17.5 Å². The van der Waals surface area contributed by atoms with E-state index in [4.69, 9.17) is 5.73 Å². The third kappa shape index (κ3) is 3.92. The van der Waals surface area contributed by atoms with Crippen LogP contribution in [0.2, 0.25) is 0 Å². The van der Waals surface area contributed by atoms with E-state index in [-0.39, 0.29) is 0 Å². The molecule has 26 heavy (non-hydrogen) atoms. The summed E-state index contributed by atoms with van der Waals surface area (Å²) >= 11 is 0. The molecule has 0 saturated heterocycles. The van der Waals surface area contributed by atoms with Gasteiger partial charge in [0.1, 0.15) is 12.0 Å². The summed E-state index contributed by atoms with van der Waals surface area (Å²) in [4.78, 5) is 13.7. The number of nitrogens with zero attached hydrogens (tertiary/aromatic N) is 4. The van der Waals surface area contributed by atoms with Gasteiger partial charge in [-0.15, -0.1) is 0 Å². The maximum absolute atomic E-state index is 6.62. The van der Waals surface area contributed by atoms with Crippen molar-refractivity contribution in [3.05, 3.63) is 36.2 Å². The lowest BCUT2D eigenvalue weighted by Gasteiger charge is -2.33. The Labute approximate surface area is 157 Å². The Morgan fingerprint density at radius 1 is 1.08 bits per heavy atom. The number of nitrogen functional groups attached to an aromatic ring is 1. The molecule has 0 radical (unpaired) electrons. The molecule has 2 heterocycles. The first kappa shape index (κ1) is 18.5. The number of benzene rings is 1. The van der Waals surface area contributed by atoms with Crippen LogP contribution in [0.25, 0.3) is 0 Å². The van der Waals surface area contributed by atoms with Gasteiger partial charge in [-0.1, -0.05) is 45.9 Å². The van der Waals surface area contributed by atoms with E-state index in [1.54, 1.807) is 6.33 Å². The number of rotatable bonds is 6. The van der Waals surface area contributed by atoms with E-state index in [1.807, 2.05) is 0 Å². The SMILES string of the molecule is CC(C)CN(CC(C)C)c1ncnc(N2CCCc3ccccc32)c1N. The molecule has 0 saturated carbocycles. The van der Waals surface area contributed by atoms with Crippen molar-refractivity contribution in [3.63, 3.8) is 0 Å². The lowest BCUT2D eigenvalue weighted by atomic mass is 10.0. The fraction of sp³-hybridized carbons (Fsp3) is 0.524. The molecule has 1 aromatic carbocycles. The highest BCUT2D eigenvalue weighted by Gasteiger charge is 2.24. The summed E-state index contributed by atoms with van der Waals surface area (Å²) in [5.74, 6) is 2.78. The second-order valence-electron chi connectivity index (χ2n) is 8.01. The predicted molar refractivity (Wildman–Crippen MR) is 110 cm³/mol. The molecule has 1 aromatic heterocycles. The summed E-state index contributed by atoms with van der Waals surface area (Å²) in [5, 5.41) is 0. The number of fused-ring (bicyclic) bond motifs is 1. The number of para-hydroxylation sites is 1. The highest BCUT2D eigenvalue weighted by Crippen LogP contribution is 2.37. The number of hydrogen-bond donors (Lipinski definition) is 1. The highest BCUT2D eigenvalue weighted by molar-refractivity contribution is 5.81. The van der Waals surface area contributed by atoms with Gasteiger partial charge in [0.05, 0.1) is 0 Å². The summed E-state index contributed by atoms with van der Waals surface area (Å²) in [6, 6.07) is 8.54. The minimum Gasteiger partial charge on any atom is -0.393 e. The predicted octanol–water partition coefficient (Wildman–Crippen LogP) is 4.26. The number of hydrogen-bond acceptors (Lipinski definition) is 5. The summed E-state index contributed by atoms with van der Waals surface area (Å²) < 4.78 is 0. The zero-order valence-electron chi connectivity index (χ0n) is 16.4. The summed E-state index contributed by atoms with van der Waals surface area (Å²) in [6.07, 6.45) is 3.88. The molecule has 0 bridgehead atoms. The monoisotopic (exact) mass is 353 g/mol. The van der Waals surface area contributed by atoms with Crippen molar-refractivity contribution in [2.75, 3.05) is 35.2 Å². The van der Waals surface area contributed by atoms with Crippen LogP contribution in [0, 0.1) is 11.8 Å². The van der Waals surface area contributed by atoms with Crippen LogP contribution < -0.4 is 15.5 Å². The lowest BCUT2D eigenvalue weighted by molar-refractivity contribution is 0.549. The van der Waals surface area contributed by atoms with Gasteiger partial charge in [-0.05, 0) is 36.3 Å². The molecular weight excluding hydrogens is 322 g/mol. The molecule has 1 aliphatic heterocycles. The van der Waals surface area contributed by atoms with Gasteiger partial charge in [0.25, 0.3) is 0 Å². The maximum atomic E-state index is 6.62. The number of nitrogens with two attached hydrogens (primary N) is 1. The Morgan fingerprint density at radius 3 is 2.46 bits per heavy atom. The highest BCUT2D eigenvalue weighted by atomic mass is 15.3.